The summed E-state index contributed by atoms with van der Waals surface area (Å²) in [7, 11) is 0. The number of benzene rings is 1. The van der Waals surface area contributed by atoms with Crippen LogP contribution in [0.15, 0.2) is 59.5 Å². The van der Waals surface area contributed by atoms with E-state index < -0.39 is 11.7 Å². The molecule has 1 aliphatic heterocycles. The van der Waals surface area contributed by atoms with Crippen LogP contribution in [-0.2, 0) is 19.3 Å². The van der Waals surface area contributed by atoms with Gasteiger partial charge in [0, 0.05) is 37.9 Å². The van der Waals surface area contributed by atoms with E-state index in [1.807, 2.05) is 12.1 Å². The van der Waals surface area contributed by atoms with Crippen LogP contribution in [0.25, 0.3) is 11.0 Å². The smallest absolute Gasteiger partial charge is 0.310 e. The topological polar surface area (TPSA) is 50.2 Å². The second kappa shape index (κ2) is 9.20. The largest absolute Gasteiger partial charge is 0.416 e. The van der Waals surface area contributed by atoms with Gasteiger partial charge < -0.3 is 14.8 Å². The van der Waals surface area contributed by atoms with Crippen molar-refractivity contribution in [3.63, 3.8) is 0 Å². The molecule has 5 nitrogen and oxygen atoms in total. The zero-order chi connectivity index (χ0) is 21.8. The fourth-order valence-corrected chi connectivity index (χ4v) is 4.03. The molecule has 0 saturated carbocycles. The van der Waals surface area contributed by atoms with Gasteiger partial charge >= 0.3 is 6.18 Å². The Morgan fingerprint density at radius 3 is 2.45 bits per heavy atom. The predicted octanol–water partition coefficient (Wildman–Crippen LogP) is 3.67. The van der Waals surface area contributed by atoms with Gasteiger partial charge in [0.1, 0.15) is 0 Å². The van der Waals surface area contributed by atoms with Crippen molar-refractivity contribution in [1.82, 2.24) is 19.8 Å². The van der Waals surface area contributed by atoms with Crippen LogP contribution < -0.4 is 10.9 Å². The lowest BCUT2D eigenvalue weighted by atomic mass is 10.0. The molecule has 3 heterocycles. The van der Waals surface area contributed by atoms with Gasteiger partial charge in [-0.3, -0.25) is 9.78 Å². The van der Waals surface area contributed by atoms with Crippen LogP contribution in [-0.4, -0.2) is 40.1 Å². The zero-order valence-corrected chi connectivity index (χ0v) is 17.1. The Kier molecular flexibility index (Phi) is 6.38. The minimum Gasteiger partial charge on any atom is -0.310 e. The summed E-state index contributed by atoms with van der Waals surface area (Å²) in [6.07, 6.45) is -0.647. The molecular weight excluding hydrogens is 405 g/mol. The van der Waals surface area contributed by atoms with Gasteiger partial charge in [0.15, 0.2) is 0 Å². The Balaban J connectivity index is 1.25. The highest BCUT2D eigenvalue weighted by Gasteiger charge is 2.30. The number of aromatic nitrogens is 2. The molecule has 2 aromatic heterocycles. The second-order valence-electron chi connectivity index (χ2n) is 7.92. The zero-order valence-electron chi connectivity index (χ0n) is 17.1. The van der Waals surface area contributed by atoms with E-state index in [9.17, 15) is 18.0 Å². The maximum atomic E-state index is 12.7. The molecule has 8 heteroatoms. The van der Waals surface area contributed by atoms with E-state index in [1.165, 1.54) is 12.1 Å². The average molecular weight is 430 g/mol. The normalized spacial score (nSPS) is 16.1. The summed E-state index contributed by atoms with van der Waals surface area (Å²) in [5.41, 5.74) is 1.87. The van der Waals surface area contributed by atoms with Crippen LogP contribution >= 0.6 is 0 Å². The molecule has 3 aromatic rings. The highest BCUT2D eigenvalue weighted by atomic mass is 19.4. The minimum atomic E-state index is -4.30. The summed E-state index contributed by atoms with van der Waals surface area (Å²) in [5.74, 6) is 0. The van der Waals surface area contributed by atoms with Crippen LogP contribution in [0.2, 0.25) is 0 Å². The van der Waals surface area contributed by atoms with Crippen molar-refractivity contribution >= 4 is 11.0 Å². The van der Waals surface area contributed by atoms with Gasteiger partial charge in [-0.15, -0.1) is 0 Å². The number of rotatable bonds is 6. The summed E-state index contributed by atoms with van der Waals surface area (Å²) in [6.45, 7) is 3.80. The lowest BCUT2D eigenvalue weighted by Gasteiger charge is -2.32. The van der Waals surface area contributed by atoms with E-state index in [0.717, 1.165) is 61.2 Å². The molecule has 1 fully saturated rings. The first-order valence-corrected chi connectivity index (χ1v) is 10.5. The first-order valence-electron chi connectivity index (χ1n) is 10.5. The van der Waals surface area contributed by atoms with Gasteiger partial charge in [-0.1, -0.05) is 12.1 Å². The van der Waals surface area contributed by atoms with Crippen molar-refractivity contribution in [1.29, 1.82) is 0 Å². The van der Waals surface area contributed by atoms with Crippen molar-refractivity contribution in [2.45, 2.75) is 38.1 Å². The fraction of sp³-hybridized carbons (Fsp3) is 0.391. The van der Waals surface area contributed by atoms with Crippen LogP contribution in [0, 0.1) is 0 Å². The van der Waals surface area contributed by atoms with Crippen LogP contribution in [0.5, 0.6) is 0 Å². The molecule has 1 aliphatic rings. The third kappa shape index (κ3) is 5.32. The van der Waals surface area contributed by atoms with Crippen LogP contribution in [0.3, 0.4) is 0 Å². The number of piperidine rings is 1. The number of likely N-dealkylation sites (tertiary alicyclic amines) is 1. The summed E-state index contributed by atoms with van der Waals surface area (Å²) >= 11 is 0. The van der Waals surface area contributed by atoms with E-state index in [2.05, 4.69) is 15.2 Å². The lowest BCUT2D eigenvalue weighted by molar-refractivity contribution is -0.137. The van der Waals surface area contributed by atoms with E-state index >= 15 is 0 Å². The van der Waals surface area contributed by atoms with Gasteiger partial charge in [0.2, 0.25) is 0 Å². The van der Waals surface area contributed by atoms with Crippen LogP contribution in [0.1, 0.15) is 24.0 Å². The number of pyridine rings is 2. The summed E-state index contributed by atoms with van der Waals surface area (Å²) in [4.78, 5) is 19.0. The number of nitrogens with one attached hydrogen (secondary N) is 1. The van der Waals surface area contributed by atoms with E-state index in [4.69, 9.17) is 0 Å². The van der Waals surface area contributed by atoms with E-state index in [0.29, 0.717) is 19.1 Å². The second-order valence-corrected chi connectivity index (χ2v) is 7.92. The van der Waals surface area contributed by atoms with E-state index in [1.54, 1.807) is 22.9 Å². The fourth-order valence-electron chi connectivity index (χ4n) is 4.03. The monoisotopic (exact) mass is 430 g/mol. The Bertz CT molecular complexity index is 1070. The quantitative estimate of drug-likeness (QED) is 0.649. The molecule has 164 valence electrons. The van der Waals surface area contributed by atoms with E-state index in [-0.39, 0.29) is 5.56 Å². The Morgan fingerprint density at radius 1 is 1.00 bits per heavy atom. The third-order valence-electron chi connectivity index (χ3n) is 5.86. The van der Waals surface area contributed by atoms with Crippen molar-refractivity contribution in [3.05, 3.63) is 76.2 Å². The molecule has 0 atom stereocenters. The van der Waals surface area contributed by atoms with Gasteiger partial charge in [-0.05, 0) is 61.8 Å². The summed E-state index contributed by atoms with van der Waals surface area (Å²) in [5, 5.41) is 3.45. The molecule has 1 N–H and O–H groups in total. The molecule has 31 heavy (non-hydrogen) atoms. The number of halogens is 3. The van der Waals surface area contributed by atoms with Crippen LogP contribution in [0.4, 0.5) is 13.2 Å². The summed E-state index contributed by atoms with van der Waals surface area (Å²) in [6, 6.07) is 12.7. The molecular formula is C23H25F3N4O. The molecule has 1 saturated heterocycles. The van der Waals surface area contributed by atoms with Crippen molar-refractivity contribution in [3.8, 4) is 0 Å². The summed E-state index contributed by atoms with van der Waals surface area (Å²) < 4.78 is 39.8. The molecule has 0 amide bonds. The maximum absolute atomic E-state index is 12.7. The third-order valence-corrected chi connectivity index (χ3v) is 5.86. The molecule has 1 aromatic carbocycles. The van der Waals surface area contributed by atoms with Gasteiger partial charge in [-0.25, -0.2) is 0 Å². The number of alkyl halides is 3. The molecule has 0 bridgehead atoms. The molecule has 4 rings (SSSR count). The average Bonchev–Trinajstić information content (AvgIpc) is 2.77. The van der Waals surface area contributed by atoms with Gasteiger partial charge in [0.05, 0.1) is 16.6 Å². The first-order chi connectivity index (χ1) is 14.9. The molecule has 0 radical (unpaired) electrons. The highest BCUT2D eigenvalue weighted by molar-refractivity contribution is 5.73. The highest BCUT2D eigenvalue weighted by Crippen LogP contribution is 2.29. The van der Waals surface area contributed by atoms with Gasteiger partial charge in [0.25, 0.3) is 5.56 Å². The minimum absolute atomic E-state index is 0.0198. The molecule has 0 unspecified atom stereocenters. The van der Waals surface area contributed by atoms with Crippen molar-refractivity contribution in [2.75, 3.05) is 19.6 Å². The Morgan fingerprint density at radius 2 is 1.74 bits per heavy atom. The first kappa shape index (κ1) is 21.5. The number of nitrogens with zero attached hydrogens (tertiary/aromatic N) is 3. The predicted molar refractivity (Wildman–Crippen MR) is 114 cm³/mol. The lowest BCUT2D eigenvalue weighted by Crippen LogP contribution is -2.43. The van der Waals surface area contributed by atoms with Gasteiger partial charge in [-0.2, -0.15) is 13.2 Å². The van der Waals surface area contributed by atoms with Crippen molar-refractivity contribution < 1.29 is 13.2 Å². The maximum Gasteiger partial charge on any atom is 0.416 e. The molecule has 0 spiro atoms. The Hall–Kier alpha value is -2.71. The standard InChI is InChI=1S/C23H25F3N4O/c24-23(25,26)18-5-3-17(4-6-18)16-28-19-9-12-29(13-10-19)14-15-30-21-2-1-11-27-20(21)7-8-22(30)31/h1-8,11,19,28H,9-10,12-16H2. The number of hydrogen-bond donors (Lipinski definition) is 1. The van der Waals surface area contributed by atoms with Crippen molar-refractivity contribution in [2.24, 2.45) is 0 Å². The molecule has 0 aliphatic carbocycles. The Labute approximate surface area is 178 Å². The SMILES string of the molecule is O=c1ccc2ncccc2n1CCN1CCC(NCc2ccc(C(F)(F)F)cc2)CC1. The number of fused-ring (bicyclic) bond motifs is 1. The number of hydrogen-bond acceptors (Lipinski definition) is 4.